The quantitative estimate of drug-likeness (QED) is 0.0959. The molecule has 316 valence electrons. The van der Waals surface area contributed by atoms with E-state index in [0.29, 0.717) is 80.0 Å². The average molecular weight is 817 g/mol. The van der Waals surface area contributed by atoms with E-state index in [1.54, 1.807) is 55.1 Å². The first-order valence-electron chi connectivity index (χ1n) is 21.2. The molecule has 13 heteroatoms. The number of nitrogens with one attached hydrogen (secondary N) is 2. The van der Waals surface area contributed by atoms with Crippen molar-refractivity contribution in [3.8, 4) is 57.0 Å². The Kier molecular flexibility index (Phi) is 12.4. The van der Waals surface area contributed by atoms with Gasteiger partial charge in [0.2, 0.25) is 11.5 Å². The molecule has 2 N–H and O–H groups in total. The van der Waals surface area contributed by atoms with Crippen LogP contribution in [-0.2, 0) is 4.79 Å². The number of rotatable bonds is 16. The maximum Gasteiger partial charge on any atom is 0.203 e. The molecule has 2 fully saturated rings. The van der Waals surface area contributed by atoms with Gasteiger partial charge in [0, 0.05) is 46.5 Å². The van der Waals surface area contributed by atoms with Crippen LogP contribution in [0.4, 0.5) is 0 Å². The monoisotopic (exact) mass is 816 g/mol. The Morgan fingerprint density at radius 1 is 0.567 bits per heavy atom. The third kappa shape index (κ3) is 8.05. The molecule has 2 atom stereocenters. The Morgan fingerprint density at radius 3 is 1.27 bits per heavy atom. The summed E-state index contributed by atoms with van der Waals surface area (Å²) in [5.41, 5.74) is 7.20. The molecular formula is C47H56N6O7. The predicted octanol–water partition coefficient (Wildman–Crippen LogP) is 9.99. The van der Waals surface area contributed by atoms with Crippen LogP contribution in [0.1, 0.15) is 100 Å². The van der Waals surface area contributed by atoms with E-state index in [-0.39, 0.29) is 5.78 Å². The Bertz CT molecular complexity index is 2230. The lowest BCUT2D eigenvalue weighted by atomic mass is 9.72. The lowest BCUT2D eigenvalue weighted by Crippen LogP contribution is -2.26. The summed E-state index contributed by atoms with van der Waals surface area (Å²) in [6, 6.07) is 7.50. The molecule has 2 aliphatic carbocycles. The maximum absolute atomic E-state index is 15.8. The Labute approximate surface area is 350 Å². The normalized spacial score (nSPS) is 16.1. The van der Waals surface area contributed by atoms with E-state index < -0.39 is 11.8 Å². The van der Waals surface area contributed by atoms with E-state index >= 15 is 4.79 Å². The second kappa shape index (κ2) is 18.2. The lowest BCUT2D eigenvalue weighted by molar-refractivity contribution is -0.122. The fourth-order valence-corrected chi connectivity index (χ4v) is 9.64. The number of fused-ring (bicyclic) bond motifs is 2. The topological polar surface area (TPSA) is 156 Å². The number of ether oxygens (including phenoxy) is 6. The van der Waals surface area contributed by atoms with E-state index in [1.807, 2.05) is 36.7 Å². The molecule has 4 aromatic heterocycles. The number of methoxy groups -OCH3 is 6. The Balaban J connectivity index is 1.24. The molecule has 13 nitrogen and oxygen atoms in total. The van der Waals surface area contributed by atoms with E-state index in [2.05, 4.69) is 9.97 Å². The highest BCUT2D eigenvalue weighted by Crippen LogP contribution is 2.46. The van der Waals surface area contributed by atoms with Gasteiger partial charge >= 0.3 is 0 Å². The second-order valence-corrected chi connectivity index (χ2v) is 16.2. The summed E-state index contributed by atoms with van der Waals surface area (Å²) < 4.78 is 33.9. The first-order valence-corrected chi connectivity index (χ1v) is 21.2. The number of carbonyl (C=O) groups is 1. The molecule has 2 saturated carbocycles. The third-order valence-electron chi connectivity index (χ3n) is 12.8. The van der Waals surface area contributed by atoms with Gasteiger partial charge < -0.3 is 38.4 Å². The standard InChI is InChI=1S/C47H56N6O7/c1-55-37-19-29(20-38(56-2)44(37)59-5)35-25-50-46-41(52-35)33(23-48-46)31(17-27-13-9-7-10-14-27)43(54)32(18-28-15-11-8-12-16-28)34-24-49-47-42(34)53-36(26-51-47)30-21-39(57-3)45(60-6)40(22-30)58-4/h19-28,31-32H,7-18H2,1-6H3,(H,48,50)(H,49,51). The van der Waals surface area contributed by atoms with Crippen molar-refractivity contribution in [1.82, 2.24) is 29.9 Å². The molecule has 60 heavy (non-hydrogen) atoms. The molecule has 4 heterocycles. The van der Waals surface area contributed by atoms with Gasteiger partial charge in [-0.2, -0.15) is 0 Å². The zero-order valence-corrected chi connectivity index (χ0v) is 35.6. The van der Waals surface area contributed by atoms with Crippen LogP contribution in [0.15, 0.2) is 49.1 Å². The summed E-state index contributed by atoms with van der Waals surface area (Å²) in [5, 5.41) is 0. The number of H-pyrrole nitrogens is 2. The van der Waals surface area contributed by atoms with Crippen molar-refractivity contribution in [2.45, 2.75) is 88.9 Å². The molecule has 0 radical (unpaired) electrons. The number of aromatic amines is 2. The van der Waals surface area contributed by atoms with Crippen molar-refractivity contribution in [3.63, 3.8) is 0 Å². The summed E-state index contributed by atoms with van der Waals surface area (Å²) in [4.78, 5) is 42.7. The molecule has 6 aromatic rings. The minimum Gasteiger partial charge on any atom is -0.493 e. The summed E-state index contributed by atoms with van der Waals surface area (Å²) in [6.07, 6.45) is 20.5. The summed E-state index contributed by atoms with van der Waals surface area (Å²) in [6.45, 7) is 0. The largest absolute Gasteiger partial charge is 0.493 e. The molecule has 0 aliphatic heterocycles. The van der Waals surface area contributed by atoms with Gasteiger partial charge in [0.25, 0.3) is 0 Å². The van der Waals surface area contributed by atoms with Gasteiger partial charge in [-0.25, -0.2) is 19.9 Å². The van der Waals surface area contributed by atoms with E-state index in [0.717, 1.165) is 60.8 Å². The van der Waals surface area contributed by atoms with Crippen LogP contribution >= 0.6 is 0 Å². The number of benzene rings is 2. The number of ketones is 1. The lowest BCUT2D eigenvalue weighted by Gasteiger charge is -2.30. The highest BCUT2D eigenvalue weighted by molar-refractivity contribution is 5.98. The number of hydrogen-bond acceptors (Lipinski definition) is 11. The van der Waals surface area contributed by atoms with Crippen LogP contribution in [0.5, 0.6) is 34.5 Å². The highest BCUT2D eigenvalue weighted by Gasteiger charge is 2.37. The number of Topliss-reactive ketones (excluding diaryl/α,β-unsaturated/α-hetero) is 1. The first-order chi connectivity index (χ1) is 29.4. The minimum atomic E-state index is -0.420. The van der Waals surface area contributed by atoms with Crippen molar-refractivity contribution in [1.29, 1.82) is 0 Å². The molecule has 8 rings (SSSR count). The molecule has 0 amide bonds. The van der Waals surface area contributed by atoms with Crippen LogP contribution in [0.25, 0.3) is 44.8 Å². The second-order valence-electron chi connectivity index (χ2n) is 16.2. The van der Waals surface area contributed by atoms with Crippen molar-refractivity contribution < 1.29 is 33.2 Å². The van der Waals surface area contributed by atoms with Crippen molar-refractivity contribution in [3.05, 3.63) is 60.2 Å². The van der Waals surface area contributed by atoms with E-state index in [4.69, 9.17) is 48.4 Å². The number of aromatic nitrogens is 6. The zero-order valence-electron chi connectivity index (χ0n) is 35.6. The van der Waals surface area contributed by atoms with Crippen molar-refractivity contribution in [2.75, 3.05) is 42.7 Å². The van der Waals surface area contributed by atoms with Gasteiger partial charge in [-0.3, -0.25) is 4.79 Å². The highest BCUT2D eigenvalue weighted by atomic mass is 16.5. The first kappa shape index (κ1) is 40.9. The smallest absolute Gasteiger partial charge is 0.203 e. The molecule has 2 unspecified atom stereocenters. The van der Waals surface area contributed by atoms with E-state index in [9.17, 15) is 0 Å². The number of nitrogens with zero attached hydrogens (tertiary/aromatic N) is 4. The van der Waals surface area contributed by atoms with E-state index in [1.165, 1.54) is 38.5 Å². The zero-order chi connectivity index (χ0) is 41.8. The van der Waals surface area contributed by atoms with Crippen LogP contribution in [0.3, 0.4) is 0 Å². The van der Waals surface area contributed by atoms with Gasteiger partial charge in [0.05, 0.1) is 66.4 Å². The van der Waals surface area contributed by atoms with Gasteiger partial charge in [0.15, 0.2) is 34.3 Å². The molecule has 0 saturated heterocycles. The van der Waals surface area contributed by atoms with Gasteiger partial charge in [-0.15, -0.1) is 0 Å². The van der Waals surface area contributed by atoms with Crippen molar-refractivity contribution in [2.24, 2.45) is 11.8 Å². The number of hydrogen-bond donors (Lipinski definition) is 2. The Morgan fingerprint density at radius 2 is 0.933 bits per heavy atom. The van der Waals surface area contributed by atoms with Gasteiger partial charge in [-0.05, 0) is 48.9 Å². The van der Waals surface area contributed by atoms with Crippen LogP contribution < -0.4 is 28.4 Å². The molecule has 2 aromatic carbocycles. The van der Waals surface area contributed by atoms with Gasteiger partial charge in [-0.1, -0.05) is 64.2 Å². The minimum absolute atomic E-state index is 0.188. The number of carbonyl (C=O) groups excluding carboxylic acids is 1. The van der Waals surface area contributed by atoms with Crippen LogP contribution in [-0.4, -0.2) is 78.3 Å². The third-order valence-corrected chi connectivity index (χ3v) is 12.8. The van der Waals surface area contributed by atoms with Crippen molar-refractivity contribution >= 4 is 28.1 Å². The van der Waals surface area contributed by atoms with Crippen LogP contribution in [0.2, 0.25) is 0 Å². The molecule has 2 aliphatic rings. The Hall–Kier alpha value is -5.85. The molecule has 0 spiro atoms. The predicted molar refractivity (Wildman–Crippen MR) is 231 cm³/mol. The summed E-state index contributed by atoms with van der Waals surface area (Å²) in [7, 11) is 9.55. The van der Waals surface area contributed by atoms with Gasteiger partial charge in [0.1, 0.15) is 16.8 Å². The summed E-state index contributed by atoms with van der Waals surface area (Å²) in [5.74, 6) is 3.29. The SMILES string of the molecule is COc1cc(-c2cnc3[nH]cc(C(CC4CCCCC4)C(=O)C(CC4CCCCC4)c4c[nH]c5ncc(-c6cc(OC)c(OC)c(OC)c6)nc45)c3n2)cc(OC)c1OC. The fourth-order valence-electron chi connectivity index (χ4n) is 9.64. The molecular weight excluding hydrogens is 761 g/mol. The summed E-state index contributed by atoms with van der Waals surface area (Å²) >= 11 is 0. The molecule has 0 bridgehead atoms. The fraction of sp³-hybridized carbons (Fsp3) is 0.468. The average Bonchev–Trinajstić information content (AvgIpc) is 3.93. The maximum atomic E-state index is 15.8. The van der Waals surface area contributed by atoms with Crippen LogP contribution in [0, 0.1) is 11.8 Å².